The van der Waals surface area contributed by atoms with Gasteiger partial charge in [0, 0.05) is 23.7 Å². The summed E-state index contributed by atoms with van der Waals surface area (Å²) in [6, 6.07) is 9.56. The molecule has 0 aliphatic carbocycles. The second-order valence-corrected chi connectivity index (χ2v) is 6.78. The lowest BCUT2D eigenvalue weighted by molar-refractivity contribution is -0.0786. The zero-order valence-electron chi connectivity index (χ0n) is 12.7. The monoisotopic (exact) mass is 333 g/mol. The predicted octanol–water partition coefficient (Wildman–Crippen LogP) is 1.59. The van der Waals surface area contributed by atoms with Crippen molar-refractivity contribution in [1.29, 1.82) is 0 Å². The lowest BCUT2D eigenvalue weighted by Crippen LogP contribution is -2.50. The van der Waals surface area contributed by atoms with Crippen LogP contribution in [0.5, 0.6) is 5.75 Å². The fraction of sp³-hybridized carbons (Fsp3) is 0.353. The van der Waals surface area contributed by atoms with Crippen molar-refractivity contribution in [3.8, 4) is 16.9 Å². The highest BCUT2D eigenvalue weighted by atomic mass is 32.2. The van der Waals surface area contributed by atoms with Crippen LogP contribution in [-0.2, 0) is 0 Å². The van der Waals surface area contributed by atoms with Gasteiger partial charge in [-0.25, -0.2) is 0 Å². The molecule has 4 atom stereocenters. The molecule has 3 rings (SSSR count). The van der Waals surface area contributed by atoms with Gasteiger partial charge in [-0.15, -0.1) is 11.8 Å². The van der Waals surface area contributed by atoms with E-state index in [0.29, 0.717) is 11.5 Å². The smallest absolute Gasteiger partial charge is 0.173 e. The first-order valence-corrected chi connectivity index (χ1v) is 8.44. The molecule has 2 aromatic rings. The summed E-state index contributed by atoms with van der Waals surface area (Å²) in [6.07, 6.45) is 0.333. The normalized spacial score (nSPS) is 27.7. The summed E-state index contributed by atoms with van der Waals surface area (Å²) in [6.45, 7) is 1.98. The van der Waals surface area contributed by atoms with E-state index < -0.39 is 23.7 Å². The molecule has 0 radical (unpaired) electrons. The zero-order valence-corrected chi connectivity index (χ0v) is 13.5. The maximum Gasteiger partial charge on any atom is 0.173 e. The van der Waals surface area contributed by atoms with Crippen LogP contribution in [-0.4, -0.2) is 49.8 Å². The molecule has 122 valence electrons. The number of benzene rings is 1. The lowest BCUT2D eigenvalue weighted by Gasteiger charge is -2.34. The van der Waals surface area contributed by atoms with Gasteiger partial charge in [0.15, 0.2) is 5.44 Å². The number of pyridine rings is 1. The first-order chi connectivity index (χ1) is 11.0. The summed E-state index contributed by atoms with van der Waals surface area (Å²) in [7, 11) is 0. The third kappa shape index (κ3) is 3.67. The Labute approximate surface area is 139 Å². The van der Waals surface area contributed by atoms with Crippen molar-refractivity contribution in [2.75, 3.05) is 5.75 Å². The number of hydrogen-bond donors (Lipinski definition) is 3. The van der Waals surface area contributed by atoms with Crippen LogP contribution in [0, 0.1) is 6.92 Å². The van der Waals surface area contributed by atoms with Crippen LogP contribution in [0.25, 0.3) is 11.1 Å². The largest absolute Gasteiger partial charge is 0.477 e. The Balaban J connectivity index is 1.78. The van der Waals surface area contributed by atoms with Crippen LogP contribution < -0.4 is 4.74 Å². The highest BCUT2D eigenvalue weighted by Gasteiger charge is 2.38. The third-order valence-electron chi connectivity index (χ3n) is 3.75. The molecule has 3 N–H and O–H groups in total. The van der Waals surface area contributed by atoms with Crippen LogP contribution in [0.3, 0.4) is 0 Å². The van der Waals surface area contributed by atoms with Crippen LogP contribution >= 0.6 is 11.8 Å². The molecule has 0 saturated carbocycles. The van der Waals surface area contributed by atoms with Crippen molar-refractivity contribution in [3.63, 3.8) is 0 Å². The van der Waals surface area contributed by atoms with Gasteiger partial charge in [-0.1, -0.05) is 12.1 Å². The molecule has 23 heavy (non-hydrogen) atoms. The zero-order chi connectivity index (χ0) is 16.4. The van der Waals surface area contributed by atoms with E-state index in [0.717, 1.165) is 16.7 Å². The summed E-state index contributed by atoms with van der Waals surface area (Å²) in [5, 5.41) is 29.3. The molecule has 1 aromatic carbocycles. The van der Waals surface area contributed by atoms with E-state index in [2.05, 4.69) is 4.98 Å². The molecule has 0 unspecified atom stereocenters. The second kappa shape index (κ2) is 6.88. The maximum absolute atomic E-state index is 10.0. The predicted molar refractivity (Wildman–Crippen MR) is 89.3 cm³/mol. The first-order valence-electron chi connectivity index (χ1n) is 7.39. The molecule has 5 nitrogen and oxygen atoms in total. The van der Waals surface area contributed by atoms with E-state index in [1.54, 1.807) is 18.5 Å². The van der Waals surface area contributed by atoms with E-state index in [1.807, 2.05) is 31.2 Å². The molecule has 1 aliphatic heterocycles. The van der Waals surface area contributed by atoms with Gasteiger partial charge in [-0.05, 0) is 36.2 Å². The number of aryl methyl sites for hydroxylation is 1. The molecule has 0 amide bonds. The summed E-state index contributed by atoms with van der Waals surface area (Å²) in [4.78, 5) is 4.19. The first kappa shape index (κ1) is 16.3. The minimum atomic E-state index is -1.19. The average molecular weight is 333 g/mol. The van der Waals surface area contributed by atoms with E-state index >= 15 is 0 Å². The number of ether oxygens (including phenoxy) is 1. The highest BCUT2D eigenvalue weighted by molar-refractivity contribution is 7.99. The second-order valence-electron chi connectivity index (χ2n) is 5.65. The number of aliphatic hydroxyl groups excluding tert-OH is 3. The standard InChI is InChI=1S/C17H19NO4S/c1-10-5-12(8-18-7-10)11-3-2-4-13(6-11)22-17-16(21)15(20)14(19)9-23-17/h2-8,14-17,19-21H,9H2,1H3/t14-,15+,16-,17-/m1/s1. The fourth-order valence-electron chi connectivity index (χ4n) is 2.48. The fourth-order valence-corrected chi connectivity index (χ4v) is 3.60. The molecule has 1 aromatic heterocycles. The van der Waals surface area contributed by atoms with Crippen molar-refractivity contribution < 1.29 is 20.1 Å². The number of rotatable bonds is 3. The van der Waals surface area contributed by atoms with Crippen LogP contribution in [0.4, 0.5) is 0 Å². The van der Waals surface area contributed by atoms with Crippen LogP contribution in [0.1, 0.15) is 5.56 Å². The van der Waals surface area contributed by atoms with Crippen molar-refractivity contribution in [2.24, 2.45) is 0 Å². The lowest BCUT2D eigenvalue weighted by atomic mass is 10.1. The summed E-state index contributed by atoms with van der Waals surface area (Å²) < 4.78 is 5.80. The Kier molecular flexibility index (Phi) is 4.87. The molecule has 1 fully saturated rings. The SMILES string of the molecule is Cc1cncc(-c2cccc(O[C@@H]3SC[C@@H](O)[C@H](O)[C@H]3O)c2)c1. The Morgan fingerprint density at radius 3 is 2.70 bits per heavy atom. The van der Waals surface area contributed by atoms with E-state index in [1.165, 1.54) is 11.8 Å². The maximum atomic E-state index is 10.0. The number of thioether (sulfide) groups is 1. The van der Waals surface area contributed by atoms with Gasteiger partial charge in [0.2, 0.25) is 0 Å². The Morgan fingerprint density at radius 1 is 1.09 bits per heavy atom. The summed E-state index contributed by atoms with van der Waals surface area (Å²) in [5.74, 6) is 0.925. The van der Waals surface area contributed by atoms with Gasteiger partial charge in [0.1, 0.15) is 18.0 Å². The third-order valence-corrected chi connectivity index (χ3v) is 4.99. The minimum Gasteiger partial charge on any atom is -0.477 e. The average Bonchev–Trinajstić information content (AvgIpc) is 2.56. The van der Waals surface area contributed by atoms with Crippen molar-refractivity contribution >= 4 is 11.8 Å². The number of hydrogen-bond acceptors (Lipinski definition) is 6. The van der Waals surface area contributed by atoms with Crippen molar-refractivity contribution in [3.05, 3.63) is 48.3 Å². The topological polar surface area (TPSA) is 82.8 Å². The highest BCUT2D eigenvalue weighted by Crippen LogP contribution is 2.31. The Morgan fingerprint density at radius 2 is 1.91 bits per heavy atom. The number of nitrogens with zero attached hydrogens (tertiary/aromatic N) is 1. The number of aliphatic hydroxyl groups is 3. The van der Waals surface area contributed by atoms with Crippen molar-refractivity contribution in [2.45, 2.75) is 30.7 Å². The van der Waals surface area contributed by atoms with Gasteiger partial charge < -0.3 is 20.1 Å². The summed E-state index contributed by atoms with van der Waals surface area (Å²) >= 11 is 1.29. The molecule has 6 heteroatoms. The van der Waals surface area contributed by atoms with Crippen LogP contribution in [0.2, 0.25) is 0 Å². The molecule has 1 saturated heterocycles. The number of aromatic nitrogens is 1. The molecular weight excluding hydrogens is 314 g/mol. The van der Waals surface area contributed by atoms with Gasteiger partial charge in [0.25, 0.3) is 0 Å². The quantitative estimate of drug-likeness (QED) is 0.791. The molecule has 0 spiro atoms. The molecular formula is C17H19NO4S. The van der Waals surface area contributed by atoms with Crippen molar-refractivity contribution in [1.82, 2.24) is 4.98 Å². The Hall–Kier alpha value is -1.60. The Bertz CT molecular complexity index is 681. The van der Waals surface area contributed by atoms with Crippen LogP contribution in [0.15, 0.2) is 42.7 Å². The van der Waals surface area contributed by atoms with Gasteiger partial charge >= 0.3 is 0 Å². The summed E-state index contributed by atoms with van der Waals surface area (Å²) in [5.41, 5.74) is 2.42. The molecule has 1 aliphatic rings. The van der Waals surface area contributed by atoms with E-state index in [9.17, 15) is 15.3 Å². The van der Waals surface area contributed by atoms with Gasteiger partial charge in [-0.3, -0.25) is 4.98 Å². The minimum absolute atomic E-state index is 0.324. The van der Waals surface area contributed by atoms with Gasteiger partial charge in [0.05, 0.1) is 6.10 Å². The molecule has 0 bridgehead atoms. The van der Waals surface area contributed by atoms with E-state index in [-0.39, 0.29) is 0 Å². The van der Waals surface area contributed by atoms with E-state index in [4.69, 9.17) is 4.74 Å². The van der Waals surface area contributed by atoms with Gasteiger partial charge in [-0.2, -0.15) is 0 Å². The molecule has 2 heterocycles.